The minimum Gasteiger partial charge on any atom is -0.478 e. The Balaban J connectivity index is 2.31. The fourth-order valence-electron chi connectivity index (χ4n) is 1.69. The van der Waals surface area contributed by atoms with Gasteiger partial charge in [-0.15, -0.1) is 0 Å². The van der Waals surface area contributed by atoms with E-state index in [-0.39, 0.29) is 26.8 Å². The number of aromatic carboxylic acids is 1. The van der Waals surface area contributed by atoms with Crippen molar-refractivity contribution in [3.05, 3.63) is 64.2 Å². The van der Waals surface area contributed by atoms with Crippen molar-refractivity contribution in [1.82, 2.24) is 0 Å². The maximum absolute atomic E-state index is 13.5. The standard InChI is InChI=1S/C14H9ClF2O3S/c15-11-5-4-9(6-10(11)14(18)19)21(20)7-8-2-1-3-12(16)13(8)17/h1-6H,7H2,(H,18,19). The minimum atomic E-state index is -1.72. The lowest BCUT2D eigenvalue weighted by Crippen LogP contribution is -2.03. The van der Waals surface area contributed by atoms with Crippen molar-refractivity contribution in [3.8, 4) is 0 Å². The van der Waals surface area contributed by atoms with E-state index in [2.05, 4.69) is 0 Å². The molecule has 0 saturated heterocycles. The van der Waals surface area contributed by atoms with Crippen molar-refractivity contribution in [2.45, 2.75) is 10.6 Å². The van der Waals surface area contributed by atoms with Crippen LogP contribution in [0.2, 0.25) is 5.02 Å². The summed E-state index contributed by atoms with van der Waals surface area (Å²) in [4.78, 5) is 11.1. The summed E-state index contributed by atoms with van der Waals surface area (Å²) in [5.74, 6) is -3.59. The van der Waals surface area contributed by atoms with Crippen LogP contribution < -0.4 is 0 Å². The lowest BCUT2D eigenvalue weighted by Gasteiger charge is -2.06. The van der Waals surface area contributed by atoms with Gasteiger partial charge in [-0.1, -0.05) is 23.7 Å². The predicted molar refractivity (Wildman–Crippen MR) is 74.9 cm³/mol. The molecule has 0 aliphatic carbocycles. The highest BCUT2D eigenvalue weighted by molar-refractivity contribution is 7.84. The van der Waals surface area contributed by atoms with Crippen molar-refractivity contribution < 1.29 is 22.9 Å². The van der Waals surface area contributed by atoms with Gasteiger partial charge in [-0.25, -0.2) is 13.6 Å². The Morgan fingerprint density at radius 2 is 1.95 bits per heavy atom. The molecule has 0 amide bonds. The molecule has 0 aliphatic heterocycles. The van der Waals surface area contributed by atoms with E-state index < -0.39 is 28.4 Å². The SMILES string of the molecule is O=C(O)c1cc(S(=O)Cc2cccc(F)c2F)ccc1Cl. The van der Waals surface area contributed by atoms with Crippen LogP contribution in [0.15, 0.2) is 41.3 Å². The fraction of sp³-hybridized carbons (Fsp3) is 0.0714. The van der Waals surface area contributed by atoms with E-state index in [0.29, 0.717) is 0 Å². The largest absolute Gasteiger partial charge is 0.478 e. The molecule has 21 heavy (non-hydrogen) atoms. The van der Waals surface area contributed by atoms with Crippen LogP contribution in [0.4, 0.5) is 8.78 Å². The summed E-state index contributed by atoms with van der Waals surface area (Å²) in [7, 11) is -1.72. The molecule has 0 bridgehead atoms. The summed E-state index contributed by atoms with van der Waals surface area (Å²) in [5.41, 5.74) is -0.234. The minimum absolute atomic E-state index is 0.0141. The zero-order chi connectivity index (χ0) is 15.6. The molecule has 7 heteroatoms. The Morgan fingerprint density at radius 3 is 2.62 bits per heavy atom. The number of hydrogen-bond acceptors (Lipinski definition) is 2. The molecule has 110 valence electrons. The molecular formula is C14H9ClF2O3S. The summed E-state index contributed by atoms with van der Waals surface area (Å²) in [6.07, 6.45) is 0. The van der Waals surface area contributed by atoms with Crippen molar-refractivity contribution in [2.75, 3.05) is 0 Å². The van der Waals surface area contributed by atoms with E-state index >= 15 is 0 Å². The van der Waals surface area contributed by atoms with Gasteiger partial charge in [0.2, 0.25) is 0 Å². The molecule has 0 heterocycles. The maximum Gasteiger partial charge on any atom is 0.337 e. The number of carboxylic acids is 1. The molecule has 0 saturated carbocycles. The number of carbonyl (C=O) groups is 1. The van der Waals surface area contributed by atoms with Crippen LogP contribution in [0, 0.1) is 11.6 Å². The second-order valence-electron chi connectivity index (χ2n) is 4.15. The van der Waals surface area contributed by atoms with Crippen LogP contribution in [-0.4, -0.2) is 15.3 Å². The van der Waals surface area contributed by atoms with Crippen LogP contribution in [0.3, 0.4) is 0 Å². The van der Waals surface area contributed by atoms with Crippen molar-refractivity contribution in [3.63, 3.8) is 0 Å². The van der Waals surface area contributed by atoms with E-state index in [1.54, 1.807) is 0 Å². The second-order valence-corrected chi connectivity index (χ2v) is 6.01. The van der Waals surface area contributed by atoms with Crippen molar-refractivity contribution in [1.29, 1.82) is 0 Å². The summed E-state index contributed by atoms with van der Waals surface area (Å²) in [6, 6.07) is 7.46. The predicted octanol–water partition coefficient (Wildman–Crippen LogP) is 3.62. The number of benzene rings is 2. The lowest BCUT2D eigenvalue weighted by molar-refractivity contribution is 0.0697. The molecule has 0 aromatic heterocycles. The third-order valence-corrected chi connectivity index (χ3v) is 4.43. The monoisotopic (exact) mass is 330 g/mol. The molecule has 3 nitrogen and oxygen atoms in total. The first-order valence-electron chi connectivity index (χ1n) is 5.74. The Morgan fingerprint density at radius 1 is 1.24 bits per heavy atom. The van der Waals surface area contributed by atoms with Gasteiger partial charge in [-0.05, 0) is 24.3 Å². The zero-order valence-corrected chi connectivity index (χ0v) is 12.0. The quantitative estimate of drug-likeness (QED) is 0.931. The number of rotatable bonds is 4. The number of carboxylic acid groups (broad SMARTS) is 1. The molecule has 0 spiro atoms. The molecule has 1 atom stereocenters. The first-order valence-corrected chi connectivity index (χ1v) is 7.44. The van der Waals surface area contributed by atoms with Gasteiger partial charge in [-0.2, -0.15) is 0 Å². The molecule has 2 aromatic rings. The smallest absolute Gasteiger partial charge is 0.337 e. The third-order valence-electron chi connectivity index (χ3n) is 2.75. The molecule has 2 rings (SSSR count). The molecule has 1 unspecified atom stereocenters. The van der Waals surface area contributed by atoms with Crippen molar-refractivity contribution >= 4 is 28.4 Å². The van der Waals surface area contributed by atoms with E-state index in [4.69, 9.17) is 16.7 Å². The second kappa shape index (κ2) is 6.32. The first kappa shape index (κ1) is 15.6. The zero-order valence-electron chi connectivity index (χ0n) is 10.5. The molecule has 0 aliphatic rings. The number of halogens is 3. The van der Waals surface area contributed by atoms with Crippen LogP contribution >= 0.6 is 11.6 Å². The van der Waals surface area contributed by atoms with Gasteiger partial charge < -0.3 is 5.11 Å². The molecule has 1 N–H and O–H groups in total. The summed E-state index contributed by atoms with van der Waals surface area (Å²) < 4.78 is 38.8. The highest BCUT2D eigenvalue weighted by Crippen LogP contribution is 2.22. The summed E-state index contributed by atoms with van der Waals surface area (Å²) >= 11 is 5.71. The maximum atomic E-state index is 13.5. The van der Waals surface area contributed by atoms with Gasteiger partial charge in [-0.3, -0.25) is 4.21 Å². The Kier molecular flexibility index (Phi) is 4.69. The lowest BCUT2D eigenvalue weighted by atomic mass is 10.2. The van der Waals surface area contributed by atoms with Gasteiger partial charge in [0.25, 0.3) is 0 Å². The Bertz CT molecular complexity index is 734. The first-order chi connectivity index (χ1) is 9.90. The van der Waals surface area contributed by atoms with E-state index in [1.807, 2.05) is 0 Å². The summed E-state index contributed by atoms with van der Waals surface area (Å²) in [6.45, 7) is 0. The molecular weight excluding hydrogens is 322 g/mol. The van der Waals surface area contributed by atoms with Crippen LogP contribution in [0.5, 0.6) is 0 Å². The van der Waals surface area contributed by atoms with Crippen LogP contribution in [0.25, 0.3) is 0 Å². The molecule has 2 aromatic carbocycles. The normalized spacial score (nSPS) is 12.1. The average molecular weight is 331 g/mol. The van der Waals surface area contributed by atoms with E-state index in [9.17, 15) is 17.8 Å². The Labute approximate surface area is 126 Å². The topological polar surface area (TPSA) is 54.4 Å². The van der Waals surface area contributed by atoms with Gasteiger partial charge in [0, 0.05) is 10.5 Å². The average Bonchev–Trinajstić information content (AvgIpc) is 2.44. The Hall–Kier alpha value is -1.79. The highest BCUT2D eigenvalue weighted by atomic mass is 35.5. The van der Waals surface area contributed by atoms with Gasteiger partial charge in [0.15, 0.2) is 11.6 Å². The fourth-order valence-corrected chi connectivity index (χ4v) is 3.03. The van der Waals surface area contributed by atoms with Crippen molar-refractivity contribution in [2.24, 2.45) is 0 Å². The van der Waals surface area contributed by atoms with E-state index in [0.717, 1.165) is 12.1 Å². The molecule has 0 radical (unpaired) electrons. The van der Waals surface area contributed by atoms with Crippen LogP contribution in [-0.2, 0) is 16.6 Å². The molecule has 0 fully saturated rings. The van der Waals surface area contributed by atoms with Gasteiger partial charge in [0.1, 0.15) is 0 Å². The highest BCUT2D eigenvalue weighted by Gasteiger charge is 2.15. The van der Waals surface area contributed by atoms with Crippen LogP contribution in [0.1, 0.15) is 15.9 Å². The summed E-state index contributed by atoms with van der Waals surface area (Å²) in [5, 5.41) is 8.96. The van der Waals surface area contributed by atoms with Gasteiger partial charge >= 0.3 is 5.97 Å². The van der Waals surface area contributed by atoms with Gasteiger partial charge in [0.05, 0.1) is 27.1 Å². The third kappa shape index (κ3) is 3.46. The van der Waals surface area contributed by atoms with E-state index in [1.165, 1.54) is 24.3 Å². The number of hydrogen-bond donors (Lipinski definition) is 1.